The minimum atomic E-state index is -0.520. The number of benzene rings is 2. The number of rotatable bonds is 6. The number of aliphatic imine (C=N–C) groups is 1. The Balaban J connectivity index is 1.97. The Kier molecular flexibility index (Phi) is 6.19. The van der Waals surface area contributed by atoms with Gasteiger partial charge in [0.1, 0.15) is 0 Å². The molecule has 0 unspecified atom stereocenters. The average Bonchev–Trinajstić information content (AvgIpc) is 2.99. The van der Waals surface area contributed by atoms with E-state index in [1.165, 1.54) is 0 Å². The maximum absolute atomic E-state index is 12.2. The van der Waals surface area contributed by atoms with E-state index < -0.39 is 5.97 Å². The van der Waals surface area contributed by atoms with E-state index in [0.29, 0.717) is 40.9 Å². The van der Waals surface area contributed by atoms with Crippen LogP contribution in [0.1, 0.15) is 25.0 Å². The van der Waals surface area contributed by atoms with Gasteiger partial charge in [0.2, 0.25) is 5.90 Å². The summed E-state index contributed by atoms with van der Waals surface area (Å²) in [7, 11) is 0. The van der Waals surface area contributed by atoms with Crippen LogP contribution in [0.25, 0.3) is 6.08 Å². The van der Waals surface area contributed by atoms with E-state index in [2.05, 4.69) is 20.9 Å². The first-order chi connectivity index (χ1) is 13.0. The summed E-state index contributed by atoms with van der Waals surface area (Å²) in [6, 6.07) is 10.8. The third-order valence-corrected chi connectivity index (χ3v) is 4.39. The number of cyclic esters (lactones) is 1. The molecule has 0 aliphatic carbocycles. The van der Waals surface area contributed by atoms with Crippen LogP contribution in [-0.2, 0) is 9.53 Å². The molecule has 1 aliphatic heterocycles. The van der Waals surface area contributed by atoms with Gasteiger partial charge in [-0.1, -0.05) is 33.6 Å². The van der Waals surface area contributed by atoms with Crippen molar-refractivity contribution < 1.29 is 19.0 Å². The molecule has 2 aromatic rings. The van der Waals surface area contributed by atoms with Crippen LogP contribution in [-0.4, -0.2) is 25.1 Å². The van der Waals surface area contributed by atoms with Crippen LogP contribution < -0.4 is 9.47 Å². The lowest BCUT2D eigenvalue weighted by molar-refractivity contribution is -0.129. The summed E-state index contributed by atoms with van der Waals surface area (Å²) in [5, 5.41) is 0.400. The van der Waals surface area contributed by atoms with E-state index in [0.717, 1.165) is 4.47 Å². The number of ether oxygens (including phenoxy) is 3. The lowest BCUT2D eigenvalue weighted by Crippen LogP contribution is -2.05. The number of esters is 1. The molecule has 0 fully saturated rings. The zero-order valence-electron chi connectivity index (χ0n) is 14.8. The normalized spacial score (nSPS) is 14.9. The van der Waals surface area contributed by atoms with Crippen LogP contribution in [0.4, 0.5) is 0 Å². The minimum Gasteiger partial charge on any atom is -0.490 e. The maximum atomic E-state index is 12.2. The Labute approximate surface area is 170 Å². The molecule has 0 amide bonds. The van der Waals surface area contributed by atoms with Gasteiger partial charge in [-0.15, -0.1) is 0 Å². The lowest BCUT2D eigenvalue weighted by atomic mass is 10.1. The molecule has 140 valence electrons. The monoisotopic (exact) mass is 449 g/mol. The van der Waals surface area contributed by atoms with Crippen LogP contribution in [0.15, 0.2) is 51.6 Å². The Morgan fingerprint density at radius 1 is 1.19 bits per heavy atom. The number of carbonyl (C=O) groups is 1. The van der Waals surface area contributed by atoms with Gasteiger partial charge in [0, 0.05) is 10.0 Å². The highest BCUT2D eigenvalue weighted by molar-refractivity contribution is 9.10. The second-order valence-electron chi connectivity index (χ2n) is 5.54. The van der Waals surface area contributed by atoms with Crippen molar-refractivity contribution in [2.75, 3.05) is 13.2 Å². The quantitative estimate of drug-likeness (QED) is 0.446. The lowest BCUT2D eigenvalue weighted by Gasteiger charge is -2.13. The van der Waals surface area contributed by atoms with Crippen molar-refractivity contribution >= 4 is 45.5 Å². The summed E-state index contributed by atoms with van der Waals surface area (Å²) in [6.07, 6.45) is 1.61. The SMILES string of the molecule is CCOc1cc(/C=C2\N=C(c3cccc(Br)c3)OC2=O)cc(Cl)c1OCC. The van der Waals surface area contributed by atoms with E-state index in [-0.39, 0.29) is 11.6 Å². The van der Waals surface area contributed by atoms with Crippen LogP contribution in [0.2, 0.25) is 5.02 Å². The second kappa shape index (κ2) is 8.59. The molecule has 0 saturated carbocycles. The van der Waals surface area contributed by atoms with Gasteiger partial charge in [-0.3, -0.25) is 0 Å². The Hall–Kier alpha value is -2.31. The maximum Gasteiger partial charge on any atom is 0.363 e. The smallest absolute Gasteiger partial charge is 0.363 e. The first kappa shape index (κ1) is 19.5. The molecule has 0 aromatic heterocycles. The molecule has 5 nitrogen and oxygen atoms in total. The van der Waals surface area contributed by atoms with Crippen molar-refractivity contribution in [2.24, 2.45) is 4.99 Å². The molecule has 3 rings (SSSR count). The summed E-state index contributed by atoms with van der Waals surface area (Å²) in [5.41, 5.74) is 1.56. The molecule has 1 aliphatic rings. The predicted octanol–water partition coefficient (Wildman–Crippen LogP) is 5.24. The van der Waals surface area contributed by atoms with Crippen molar-refractivity contribution in [3.63, 3.8) is 0 Å². The summed E-state index contributed by atoms with van der Waals surface area (Å²) >= 11 is 9.71. The summed E-state index contributed by atoms with van der Waals surface area (Å²) in [4.78, 5) is 16.5. The fourth-order valence-electron chi connectivity index (χ4n) is 2.53. The fourth-order valence-corrected chi connectivity index (χ4v) is 3.20. The number of hydrogen-bond acceptors (Lipinski definition) is 5. The molecule has 0 bridgehead atoms. The molecule has 1 heterocycles. The molecule has 7 heteroatoms. The molecular formula is C20H17BrClNO4. The zero-order chi connectivity index (χ0) is 19.4. The molecule has 27 heavy (non-hydrogen) atoms. The largest absolute Gasteiger partial charge is 0.490 e. The topological polar surface area (TPSA) is 57.1 Å². The summed E-state index contributed by atoms with van der Waals surface area (Å²) in [6.45, 7) is 4.67. The van der Waals surface area contributed by atoms with E-state index in [9.17, 15) is 4.79 Å². The summed E-state index contributed by atoms with van der Waals surface area (Å²) in [5.74, 6) is 0.735. The standard InChI is InChI=1S/C20H17BrClNO4/c1-3-25-17-10-12(8-15(22)18(17)26-4-2)9-16-20(24)27-19(23-16)13-6-5-7-14(21)11-13/h5-11H,3-4H2,1-2H3/b16-9-. The highest BCUT2D eigenvalue weighted by Crippen LogP contribution is 2.37. The van der Waals surface area contributed by atoms with Gasteiger partial charge in [0.15, 0.2) is 17.2 Å². The molecule has 0 atom stereocenters. The first-order valence-electron chi connectivity index (χ1n) is 8.39. The summed E-state index contributed by atoms with van der Waals surface area (Å²) < 4.78 is 17.3. The predicted molar refractivity (Wildman–Crippen MR) is 109 cm³/mol. The number of halogens is 2. The minimum absolute atomic E-state index is 0.188. The molecule has 0 radical (unpaired) electrons. The third kappa shape index (κ3) is 4.51. The number of hydrogen-bond donors (Lipinski definition) is 0. The van der Waals surface area contributed by atoms with Crippen molar-refractivity contribution in [3.8, 4) is 11.5 Å². The Bertz CT molecular complexity index is 940. The highest BCUT2D eigenvalue weighted by atomic mass is 79.9. The van der Waals surface area contributed by atoms with Gasteiger partial charge in [0.25, 0.3) is 0 Å². The first-order valence-corrected chi connectivity index (χ1v) is 9.56. The van der Waals surface area contributed by atoms with Crippen molar-refractivity contribution in [3.05, 3.63) is 62.7 Å². The van der Waals surface area contributed by atoms with Crippen molar-refractivity contribution in [1.29, 1.82) is 0 Å². The van der Waals surface area contributed by atoms with Gasteiger partial charge >= 0.3 is 5.97 Å². The van der Waals surface area contributed by atoms with Crippen molar-refractivity contribution in [2.45, 2.75) is 13.8 Å². The molecule has 0 saturated heterocycles. The van der Waals surface area contributed by atoms with Gasteiger partial charge in [-0.2, -0.15) is 0 Å². The average molecular weight is 451 g/mol. The van der Waals surface area contributed by atoms with E-state index in [4.69, 9.17) is 25.8 Å². The van der Waals surface area contributed by atoms with Gasteiger partial charge in [-0.25, -0.2) is 9.79 Å². The van der Waals surface area contributed by atoms with E-state index in [1.54, 1.807) is 18.2 Å². The third-order valence-electron chi connectivity index (χ3n) is 3.62. The van der Waals surface area contributed by atoms with Crippen molar-refractivity contribution in [1.82, 2.24) is 0 Å². The van der Waals surface area contributed by atoms with Crippen LogP contribution >= 0.6 is 27.5 Å². The molecule has 2 aromatic carbocycles. The fraction of sp³-hybridized carbons (Fsp3) is 0.200. The molecular weight excluding hydrogens is 434 g/mol. The van der Waals surface area contributed by atoms with Crippen LogP contribution in [0.5, 0.6) is 11.5 Å². The molecule has 0 N–H and O–H groups in total. The molecule has 0 spiro atoms. The Morgan fingerprint density at radius 3 is 2.67 bits per heavy atom. The zero-order valence-corrected chi connectivity index (χ0v) is 17.1. The van der Waals surface area contributed by atoms with Gasteiger partial charge in [0.05, 0.1) is 18.2 Å². The van der Waals surface area contributed by atoms with Gasteiger partial charge < -0.3 is 14.2 Å². The highest BCUT2D eigenvalue weighted by Gasteiger charge is 2.24. The van der Waals surface area contributed by atoms with Crippen LogP contribution in [0.3, 0.4) is 0 Å². The van der Waals surface area contributed by atoms with E-state index >= 15 is 0 Å². The Morgan fingerprint density at radius 2 is 1.96 bits per heavy atom. The number of nitrogens with zero attached hydrogens (tertiary/aromatic N) is 1. The second-order valence-corrected chi connectivity index (χ2v) is 6.87. The van der Waals surface area contributed by atoms with Crippen LogP contribution in [0, 0.1) is 0 Å². The number of carbonyl (C=O) groups excluding carboxylic acids is 1. The van der Waals surface area contributed by atoms with Gasteiger partial charge in [-0.05, 0) is 55.8 Å². The van der Waals surface area contributed by atoms with E-state index in [1.807, 2.05) is 38.1 Å².